The predicted octanol–water partition coefficient (Wildman–Crippen LogP) is 7.17. The zero-order valence-corrected chi connectivity index (χ0v) is 22.9. The first-order valence-electron chi connectivity index (χ1n) is 14.4. The van der Waals surface area contributed by atoms with Crippen molar-refractivity contribution in [2.24, 2.45) is 4.99 Å². The van der Waals surface area contributed by atoms with Crippen LogP contribution in [0.3, 0.4) is 0 Å². The maximum atomic E-state index is 12.2. The van der Waals surface area contributed by atoms with E-state index in [1.165, 1.54) is 96.7 Å². The highest BCUT2D eigenvalue weighted by Crippen LogP contribution is 2.17. The van der Waals surface area contributed by atoms with Crippen LogP contribution in [0.25, 0.3) is 0 Å². The number of aliphatic imine (C=N–C) groups is 1. The van der Waals surface area contributed by atoms with Gasteiger partial charge in [0.25, 0.3) is 0 Å². The van der Waals surface area contributed by atoms with E-state index in [1.54, 1.807) is 6.08 Å². The number of isocyanates is 1. The van der Waals surface area contributed by atoms with Gasteiger partial charge < -0.3 is 14.5 Å². The third kappa shape index (κ3) is 20.0. The molecule has 0 saturated heterocycles. The van der Waals surface area contributed by atoms with Gasteiger partial charge in [-0.15, -0.1) is 0 Å². The molecule has 0 aromatic carbocycles. The average molecular weight is 483 g/mol. The van der Waals surface area contributed by atoms with Gasteiger partial charge in [-0.1, -0.05) is 72.1 Å². The Labute approximate surface area is 210 Å². The molecule has 0 atom stereocenters. The maximum Gasteiger partial charge on any atom is 0.407 e. The molecule has 0 aliphatic heterocycles. The zero-order valence-electron chi connectivity index (χ0n) is 22.9. The maximum absolute atomic E-state index is 12.2. The number of hydrogen-bond donors (Lipinski definition) is 1. The smallest absolute Gasteiger partial charge is 0.407 e. The van der Waals surface area contributed by atoms with E-state index in [4.69, 9.17) is 4.74 Å². The molecule has 200 valence electrons. The number of hydrogen-bond acceptors (Lipinski definition) is 4. The van der Waals surface area contributed by atoms with Crippen LogP contribution in [0.1, 0.15) is 124 Å². The Morgan fingerprint density at radius 1 is 0.706 bits per heavy atom. The number of carbonyl (C=O) groups is 1. The summed E-state index contributed by atoms with van der Waals surface area (Å²) in [6.45, 7) is 13.1. The van der Waals surface area contributed by atoms with Gasteiger partial charge in [-0.25, -0.2) is 14.6 Å². The van der Waals surface area contributed by atoms with Gasteiger partial charge in [0.1, 0.15) is 13.2 Å². The fraction of sp³-hybridized carbons (Fsp3) is 0.929. The normalized spacial score (nSPS) is 11.3. The fourth-order valence-electron chi connectivity index (χ4n) is 4.58. The molecule has 0 fully saturated rings. The minimum absolute atomic E-state index is 0.286. The lowest BCUT2D eigenvalue weighted by Crippen LogP contribution is -2.52. The Hall–Kier alpha value is -1.39. The molecule has 0 bridgehead atoms. The highest BCUT2D eigenvalue weighted by Gasteiger charge is 2.26. The van der Waals surface area contributed by atoms with Gasteiger partial charge in [-0.2, -0.15) is 0 Å². The second kappa shape index (κ2) is 24.7. The summed E-state index contributed by atoms with van der Waals surface area (Å²) in [5, 5.41) is 2.90. The average Bonchev–Trinajstić information content (AvgIpc) is 2.84. The summed E-state index contributed by atoms with van der Waals surface area (Å²) in [4.78, 5) is 25.8. The monoisotopic (exact) mass is 482 g/mol. The summed E-state index contributed by atoms with van der Waals surface area (Å²) in [5.74, 6) is 0. The summed E-state index contributed by atoms with van der Waals surface area (Å²) in [6, 6.07) is 0. The molecular formula is C28H56N3O3+. The number of quaternary nitrogens is 1. The molecule has 1 N–H and O–H groups in total. The number of nitrogens with one attached hydrogen (secondary N) is 1. The van der Waals surface area contributed by atoms with E-state index in [-0.39, 0.29) is 6.09 Å². The van der Waals surface area contributed by atoms with Gasteiger partial charge >= 0.3 is 6.09 Å². The van der Waals surface area contributed by atoms with Crippen LogP contribution in [-0.2, 0) is 9.53 Å². The molecule has 0 rings (SSSR count). The van der Waals surface area contributed by atoms with E-state index < -0.39 is 0 Å². The van der Waals surface area contributed by atoms with Crippen molar-refractivity contribution in [3.05, 3.63) is 0 Å². The molecule has 0 aromatic rings. The van der Waals surface area contributed by atoms with Crippen molar-refractivity contribution in [2.75, 3.05) is 45.9 Å². The summed E-state index contributed by atoms with van der Waals surface area (Å²) in [6.07, 6.45) is 20.6. The van der Waals surface area contributed by atoms with E-state index in [0.717, 1.165) is 36.7 Å². The third-order valence-corrected chi connectivity index (χ3v) is 6.79. The SMILES string of the molecule is CCCCCC[N+](CCCCCC)(CCCCCC)CCOC(=O)NCCCCCCN=C=O. The molecule has 6 nitrogen and oxygen atoms in total. The number of carbonyl (C=O) groups excluding carboxylic acids is 2. The van der Waals surface area contributed by atoms with Crippen LogP contribution in [-0.4, -0.2) is 62.5 Å². The van der Waals surface area contributed by atoms with Gasteiger partial charge in [0.05, 0.1) is 26.2 Å². The van der Waals surface area contributed by atoms with Gasteiger partial charge in [0, 0.05) is 6.54 Å². The van der Waals surface area contributed by atoms with Crippen LogP contribution in [0.4, 0.5) is 4.79 Å². The Kier molecular flexibility index (Phi) is 23.7. The number of amides is 1. The second-order valence-corrected chi connectivity index (χ2v) is 9.87. The molecule has 0 aromatic heterocycles. The van der Waals surface area contributed by atoms with Crippen LogP contribution in [0.5, 0.6) is 0 Å². The molecule has 0 saturated carbocycles. The van der Waals surface area contributed by atoms with Gasteiger partial charge in [-0.3, -0.25) is 0 Å². The Balaban J connectivity index is 4.56. The topological polar surface area (TPSA) is 67.8 Å². The number of nitrogens with zero attached hydrogens (tertiary/aromatic N) is 2. The van der Waals surface area contributed by atoms with Crippen LogP contribution < -0.4 is 5.32 Å². The van der Waals surface area contributed by atoms with Crippen LogP contribution in [0.15, 0.2) is 4.99 Å². The second-order valence-electron chi connectivity index (χ2n) is 9.87. The first-order chi connectivity index (χ1) is 16.6. The first kappa shape index (κ1) is 32.6. The largest absolute Gasteiger partial charge is 0.444 e. The molecular weight excluding hydrogens is 426 g/mol. The van der Waals surface area contributed by atoms with Gasteiger partial charge in [-0.05, 0) is 51.4 Å². The van der Waals surface area contributed by atoms with Crippen LogP contribution in [0, 0.1) is 0 Å². The number of unbranched alkanes of at least 4 members (excludes halogenated alkanes) is 12. The Morgan fingerprint density at radius 2 is 1.21 bits per heavy atom. The van der Waals surface area contributed by atoms with Crippen molar-refractivity contribution in [2.45, 2.75) is 124 Å². The standard InChI is InChI=1S/C28H55N3O3/c1-4-7-10-17-22-31(23-18-11-8-5-2,24-19-12-9-6-3)25-26-34-28(33)30-21-16-14-13-15-20-29-27-32/h4-26H2,1-3H3/p+1. The summed E-state index contributed by atoms with van der Waals surface area (Å²) in [7, 11) is 0. The highest BCUT2D eigenvalue weighted by molar-refractivity contribution is 5.66. The van der Waals surface area contributed by atoms with E-state index in [1.807, 2.05) is 0 Å². The lowest BCUT2D eigenvalue weighted by Gasteiger charge is -2.39. The van der Waals surface area contributed by atoms with Gasteiger partial charge in [0.15, 0.2) is 0 Å². The summed E-state index contributed by atoms with van der Waals surface area (Å²) in [5.41, 5.74) is 0. The Morgan fingerprint density at radius 3 is 1.71 bits per heavy atom. The molecule has 34 heavy (non-hydrogen) atoms. The van der Waals surface area contributed by atoms with Crippen molar-refractivity contribution >= 4 is 12.2 Å². The molecule has 0 heterocycles. The summed E-state index contributed by atoms with van der Waals surface area (Å²) < 4.78 is 6.73. The molecule has 0 aliphatic rings. The minimum Gasteiger partial charge on any atom is -0.444 e. The van der Waals surface area contributed by atoms with E-state index in [0.29, 0.717) is 19.7 Å². The summed E-state index contributed by atoms with van der Waals surface area (Å²) >= 11 is 0. The van der Waals surface area contributed by atoms with Gasteiger partial charge in [0.2, 0.25) is 6.08 Å². The van der Waals surface area contributed by atoms with Crippen molar-refractivity contribution in [1.82, 2.24) is 5.32 Å². The van der Waals surface area contributed by atoms with Crippen molar-refractivity contribution < 1.29 is 18.8 Å². The predicted molar refractivity (Wildman–Crippen MR) is 143 cm³/mol. The molecule has 0 spiro atoms. The zero-order chi connectivity index (χ0) is 25.2. The number of alkyl carbamates (subject to hydrolysis) is 1. The van der Waals surface area contributed by atoms with E-state index in [9.17, 15) is 9.59 Å². The fourth-order valence-corrected chi connectivity index (χ4v) is 4.58. The van der Waals surface area contributed by atoms with Crippen molar-refractivity contribution in [3.8, 4) is 0 Å². The minimum atomic E-state index is -0.286. The highest BCUT2D eigenvalue weighted by atomic mass is 16.5. The molecule has 0 unspecified atom stereocenters. The van der Waals surface area contributed by atoms with E-state index >= 15 is 0 Å². The van der Waals surface area contributed by atoms with Crippen LogP contribution in [0.2, 0.25) is 0 Å². The Bertz CT molecular complexity index is 476. The van der Waals surface area contributed by atoms with Crippen LogP contribution >= 0.6 is 0 Å². The number of ether oxygens (including phenoxy) is 1. The quantitative estimate of drug-likeness (QED) is 0.0649. The van der Waals surface area contributed by atoms with Crippen molar-refractivity contribution in [3.63, 3.8) is 0 Å². The van der Waals surface area contributed by atoms with Crippen molar-refractivity contribution in [1.29, 1.82) is 0 Å². The molecule has 1 amide bonds. The lowest BCUT2D eigenvalue weighted by atomic mass is 10.1. The lowest BCUT2D eigenvalue weighted by molar-refractivity contribution is -0.929. The number of rotatable bonds is 25. The van der Waals surface area contributed by atoms with E-state index in [2.05, 4.69) is 31.1 Å². The molecule has 0 aliphatic carbocycles. The molecule has 0 radical (unpaired) electrons. The third-order valence-electron chi connectivity index (χ3n) is 6.79. The first-order valence-corrected chi connectivity index (χ1v) is 14.4. The molecule has 6 heteroatoms.